The highest BCUT2D eigenvalue weighted by molar-refractivity contribution is 5.97. The van der Waals surface area contributed by atoms with E-state index in [9.17, 15) is 9.90 Å². The van der Waals surface area contributed by atoms with Crippen LogP contribution in [0.3, 0.4) is 0 Å². The predicted molar refractivity (Wildman–Crippen MR) is 75.5 cm³/mol. The first-order chi connectivity index (χ1) is 9.04. The first kappa shape index (κ1) is 13.9. The molecule has 0 saturated carbocycles. The van der Waals surface area contributed by atoms with Gasteiger partial charge in [-0.3, -0.25) is 9.69 Å². The molecule has 19 heavy (non-hydrogen) atoms. The Kier molecular flexibility index (Phi) is 4.10. The molecule has 104 valence electrons. The van der Waals surface area contributed by atoms with Gasteiger partial charge in [0.05, 0.1) is 5.56 Å². The number of aromatic hydroxyl groups is 1. The molecular formula is C15H22N2O2. The van der Waals surface area contributed by atoms with E-state index < -0.39 is 0 Å². The number of hydrogen-bond acceptors (Lipinski definition) is 3. The molecule has 0 spiro atoms. The Morgan fingerprint density at radius 1 is 1.42 bits per heavy atom. The second kappa shape index (κ2) is 5.61. The largest absolute Gasteiger partial charge is 0.507 e. The van der Waals surface area contributed by atoms with E-state index in [1.54, 1.807) is 6.07 Å². The minimum Gasteiger partial charge on any atom is -0.507 e. The molecule has 2 rings (SSSR count). The number of nitrogens with zero attached hydrogens (tertiary/aromatic N) is 2. The number of carbonyl (C=O) groups is 1. The highest BCUT2D eigenvalue weighted by Crippen LogP contribution is 2.24. The smallest absolute Gasteiger partial charge is 0.257 e. The van der Waals surface area contributed by atoms with E-state index >= 15 is 0 Å². The molecule has 1 aliphatic rings. The van der Waals surface area contributed by atoms with Gasteiger partial charge in [-0.2, -0.15) is 0 Å². The standard InChI is InChI=1S/C15H22N2O2/c1-4-12-10-17(9-8-16(12)3)15(19)13-7-5-6-11(2)14(13)18/h5-7,12,18H,4,8-10H2,1-3H3. The summed E-state index contributed by atoms with van der Waals surface area (Å²) in [6.07, 6.45) is 1.03. The molecule has 1 unspecified atom stereocenters. The number of carbonyl (C=O) groups excluding carboxylic acids is 1. The van der Waals surface area contributed by atoms with Crippen molar-refractivity contribution in [3.05, 3.63) is 29.3 Å². The first-order valence-corrected chi connectivity index (χ1v) is 6.82. The summed E-state index contributed by atoms with van der Waals surface area (Å²) in [5.41, 5.74) is 1.16. The number of aryl methyl sites for hydroxylation is 1. The lowest BCUT2D eigenvalue weighted by Crippen LogP contribution is -2.52. The third kappa shape index (κ3) is 2.73. The van der Waals surface area contributed by atoms with E-state index in [2.05, 4.69) is 18.9 Å². The van der Waals surface area contributed by atoms with Crippen LogP contribution in [0, 0.1) is 6.92 Å². The molecule has 1 fully saturated rings. The number of amides is 1. The maximum Gasteiger partial charge on any atom is 0.257 e. The van der Waals surface area contributed by atoms with Crippen molar-refractivity contribution >= 4 is 5.91 Å². The first-order valence-electron chi connectivity index (χ1n) is 6.82. The molecule has 0 aromatic heterocycles. The van der Waals surface area contributed by atoms with Crippen LogP contribution in [0.1, 0.15) is 29.3 Å². The predicted octanol–water partition coefficient (Wildman–Crippen LogP) is 1.87. The zero-order valence-electron chi connectivity index (χ0n) is 11.9. The van der Waals surface area contributed by atoms with Crippen LogP contribution >= 0.6 is 0 Å². The van der Waals surface area contributed by atoms with Crippen LogP contribution in [0.2, 0.25) is 0 Å². The maximum atomic E-state index is 12.5. The molecule has 0 radical (unpaired) electrons. The zero-order chi connectivity index (χ0) is 14.0. The Hall–Kier alpha value is -1.55. The molecule has 1 aliphatic heterocycles. The van der Waals surface area contributed by atoms with Gasteiger partial charge in [-0.1, -0.05) is 19.1 Å². The van der Waals surface area contributed by atoms with Crippen molar-refractivity contribution < 1.29 is 9.90 Å². The van der Waals surface area contributed by atoms with Crippen molar-refractivity contribution in [2.24, 2.45) is 0 Å². The number of piperazine rings is 1. The van der Waals surface area contributed by atoms with Crippen molar-refractivity contribution in [2.75, 3.05) is 26.7 Å². The summed E-state index contributed by atoms with van der Waals surface area (Å²) in [5.74, 6) is 0.0484. The molecule has 0 bridgehead atoms. The highest BCUT2D eigenvalue weighted by Gasteiger charge is 2.28. The quantitative estimate of drug-likeness (QED) is 0.885. The number of phenols is 1. The van der Waals surface area contributed by atoms with Gasteiger partial charge in [-0.15, -0.1) is 0 Å². The van der Waals surface area contributed by atoms with E-state index in [-0.39, 0.29) is 11.7 Å². The van der Waals surface area contributed by atoms with Crippen LogP contribution in [0.25, 0.3) is 0 Å². The number of phenolic OH excluding ortho intramolecular Hbond substituents is 1. The molecule has 4 nitrogen and oxygen atoms in total. The van der Waals surface area contributed by atoms with E-state index in [1.807, 2.05) is 24.0 Å². The van der Waals surface area contributed by atoms with Crippen LogP contribution in [-0.4, -0.2) is 53.5 Å². The average Bonchev–Trinajstić information content (AvgIpc) is 2.41. The van der Waals surface area contributed by atoms with Crippen LogP contribution in [0.5, 0.6) is 5.75 Å². The second-order valence-electron chi connectivity index (χ2n) is 5.26. The van der Waals surface area contributed by atoms with Crippen molar-refractivity contribution in [3.8, 4) is 5.75 Å². The SMILES string of the molecule is CCC1CN(C(=O)c2cccc(C)c2O)CCN1C. The fourth-order valence-corrected chi connectivity index (χ4v) is 2.57. The monoisotopic (exact) mass is 262 g/mol. The maximum absolute atomic E-state index is 12.5. The summed E-state index contributed by atoms with van der Waals surface area (Å²) in [4.78, 5) is 16.6. The molecule has 0 aliphatic carbocycles. The highest BCUT2D eigenvalue weighted by atomic mass is 16.3. The van der Waals surface area contributed by atoms with Gasteiger partial charge in [0.25, 0.3) is 5.91 Å². The van der Waals surface area contributed by atoms with Gasteiger partial charge in [-0.25, -0.2) is 0 Å². The molecule has 1 aromatic rings. The summed E-state index contributed by atoms with van der Waals surface area (Å²) < 4.78 is 0. The van der Waals surface area contributed by atoms with Crippen molar-refractivity contribution in [1.29, 1.82) is 0 Å². The Morgan fingerprint density at radius 3 is 2.84 bits per heavy atom. The molecule has 1 aromatic carbocycles. The van der Waals surface area contributed by atoms with Crippen LogP contribution in [-0.2, 0) is 0 Å². The number of benzene rings is 1. The van der Waals surface area contributed by atoms with Gasteiger partial charge < -0.3 is 10.0 Å². The van der Waals surface area contributed by atoms with Crippen molar-refractivity contribution in [2.45, 2.75) is 26.3 Å². The summed E-state index contributed by atoms with van der Waals surface area (Å²) in [6.45, 7) is 6.29. The average molecular weight is 262 g/mol. The van der Waals surface area contributed by atoms with Crippen LogP contribution < -0.4 is 0 Å². The third-order valence-corrected chi connectivity index (χ3v) is 4.00. The number of hydrogen-bond donors (Lipinski definition) is 1. The topological polar surface area (TPSA) is 43.8 Å². The lowest BCUT2D eigenvalue weighted by molar-refractivity contribution is 0.0539. The van der Waals surface area contributed by atoms with Crippen molar-refractivity contribution in [3.63, 3.8) is 0 Å². The minimum absolute atomic E-state index is 0.0623. The molecule has 4 heteroatoms. The summed E-state index contributed by atoms with van der Waals surface area (Å²) >= 11 is 0. The third-order valence-electron chi connectivity index (χ3n) is 4.00. The molecular weight excluding hydrogens is 240 g/mol. The normalized spacial score (nSPS) is 20.6. The number of rotatable bonds is 2. The minimum atomic E-state index is -0.0623. The molecule has 1 amide bonds. The number of para-hydroxylation sites is 1. The van der Waals surface area contributed by atoms with E-state index in [1.165, 1.54) is 0 Å². The van der Waals surface area contributed by atoms with Gasteiger partial charge in [0.15, 0.2) is 0 Å². The summed E-state index contributed by atoms with van der Waals surface area (Å²) in [7, 11) is 2.10. The molecule has 1 saturated heterocycles. The zero-order valence-corrected chi connectivity index (χ0v) is 11.9. The fraction of sp³-hybridized carbons (Fsp3) is 0.533. The summed E-state index contributed by atoms with van der Waals surface area (Å²) in [5, 5.41) is 10.0. The molecule has 1 N–H and O–H groups in total. The lowest BCUT2D eigenvalue weighted by atomic mass is 10.1. The Morgan fingerprint density at radius 2 is 2.16 bits per heavy atom. The molecule has 1 heterocycles. The van der Waals surface area contributed by atoms with Gasteiger partial charge in [-0.05, 0) is 32.0 Å². The van der Waals surface area contributed by atoms with E-state index in [0.29, 0.717) is 11.6 Å². The van der Waals surface area contributed by atoms with Crippen LogP contribution in [0.4, 0.5) is 0 Å². The lowest BCUT2D eigenvalue weighted by Gasteiger charge is -2.39. The number of likely N-dealkylation sites (N-methyl/N-ethyl adjacent to an activating group) is 1. The van der Waals surface area contributed by atoms with Gasteiger partial charge in [0.1, 0.15) is 5.75 Å². The molecule has 1 atom stereocenters. The Bertz CT molecular complexity index is 473. The Balaban J connectivity index is 2.18. The van der Waals surface area contributed by atoms with Gasteiger partial charge >= 0.3 is 0 Å². The van der Waals surface area contributed by atoms with E-state index in [0.717, 1.165) is 31.6 Å². The fourth-order valence-electron chi connectivity index (χ4n) is 2.57. The van der Waals surface area contributed by atoms with Crippen molar-refractivity contribution in [1.82, 2.24) is 9.80 Å². The Labute approximate surface area is 114 Å². The van der Waals surface area contributed by atoms with Gasteiger partial charge in [0, 0.05) is 25.7 Å². The van der Waals surface area contributed by atoms with Crippen LogP contribution in [0.15, 0.2) is 18.2 Å². The van der Waals surface area contributed by atoms with E-state index in [4.69, 9.17) is 0 Å². The summed E-state index contributed by atoms with van der Waals surface area (Å²) in [6, 6.07) is 5.73. The van der Waals surface area contributed by atoms with Gasteiger partial charge in [0.2, 0.25) is 0 Å². The second-order valence-corrected chi connectivity index (χ2v) is 5.26.